The van der Waals surface area contributed by atoms with Gasteiger partial charge in [0.1, 0.15) is 0 Å². The van der Waals surface area contributed by atoms with Crippen molar-refractivity contribution in [2.75, 3.05) is 61.2 Å². The van der Waals surface area contributed by atoms with E-state index in [1.165, 1.54) is 4.88 Å². The minimum absolute atomic E-state index is 0.276. The summed E-state index contributed by atoms with van der Waals surface area (Å²) < 4.78 is 22.0. The Labute approximate surface area is 188 Å². The summed E-state index contributed by atoms with van der Waals surface area (Å²) in [5, 5.41) is 8.98. The molecule has 1 fully saturated rings. The average Bonchev–Trinajstić information content (AvgIpc) is 3.35. The normalized spacial score (nSPS) is 15.9. The van der Waals surface area contributed by atoms with E-state index in [9.17, 15) is 0 Å². The van der Waals surface area contributed by atoms with E-state index in [2.05, 4.69) is 38.0 Å². The SMILES string of the molecule is CN=C(NCc1ccc(OC)c(OC)c1OC)NCC(c1cccs1)N1CCOCC1. The van der Waals surface area contributed by atoms with Crippen molar-refractivity contribution in [1.29, 1.82) is 0 Å². The third-order valence-electron chi connectivity index (χ3n) is 5.28. The molecule has 1 aromatic heterocycles. The van der Waals surface area contributed by atoms with E-state index in [1.54, 1.807) is 39.7 Å². The van der Waals surface area contributed by atoms with E-state index in [0.29, 0.717) is 23.8 Å². The molecule has 0 amide bonds. The molecule has 2 aromatic rings. The molecule has 0 spiro atoms. The number of guanidine groups is 1. The number of thiophene rings is 1. The van der Waals surface area contributed by atoms with E-state index in [1.807, 2.05) is 12.1 Å². The maximum Gasteiger partial charge on any atom is 0.203 e. The Kier molecular flexibility index (Phi) is 8.81. The van der Waals surface area contributed by atoms with Crippen molar-refractivity contribution >= 4 is 17.3 Å². The predicted octanol–water partition coefficient (Wildman–Crippen LogP) is 2.51. The second kappa shape index (κ2) is 11.8. The van der Waals surface area contributed by atoms with Gasteiger partial charge in [0.2, 0.25) is 5.75 Å². The topological polar surface area (TPSA) is 76.6 Å². The Morgan fingerprint density at radius 3 is 2.48 bits per heavy atom. The van der Waals surface area contributed by atoms with Crippen LogP contribution in [0.15, 0.2) is 34.6 Å². The van der Waals surface area contributed by atoms with Gasteiger partial charge in [0.05, 0.1) is 40.6 Å². The largest absolute Gasteiger partial charge is 0.493 e. The lowest BCUT2D eigenvalue weighted by atomic mass is 10.1. The number of hydrogen-bond donors (Lipinski definition) is 2. The molecule has 2 heterocycles. The van der Waals surface area contributed by atoms with Crippen molar-refractivity contribution in [2.24, 2.45) is 4.99 Å². The van der Waals surface area contributed by atoms with Gasteiger partial charge in [-0.3, -0.25) is 9.89 Å². The highest BCUT2D eigenvalue weighted by Gasteiger charge is 2.24. The first-order valence-electron chi connectivity index (χ1n) is 10.3. The van der Waals surface area contributed by atoms with Crippen LogP contribution < -0.4 is 24.8 Å². The van der Waals surface area contributed by atoms with Crippen LogP contribution in [0.2, 0.25) is 0 Å². The van der Waals surface area contributed by atoms with Crippen molar-refractivity contribution in [3.05, 3.63) is 40.1 Å². The number of aliphatic imine (C=N–C) groups is 1. The number of morpholine rings is 1. The Morgan fingerprint density at radius 2 is 1.87 bits per heavy atom. The number of nitrogens with one attached hydrogen (secondary N) is 2. The van der Waals surface area contributed by atoms with Crippen LogP contribution in [0.1, 0.15) is 16.5 Å². The first kappa shape index (κ1) is 23.2. The smallest absolute Gasteiger partial charge is 0.203 e. The Morgan fingerprint density at radius 1 is 1.10 bits per heavy atom. The zero-order chi connectivity index (χ0) is 22.1. The molecule has 0 aliphatic carbocycles. The van der Waals surface area contributed by atoms with Crippen molar-refractivity contribution in [3.63, 3.8) is 0 Å². The molecule has 1 aliphatic heterocycles. The fourth-order valence-electron chi connectivity index (χ4n) is 3.67. The van der Waals surface area contributed by atoms with E-state index >= 15 is 0 Å². The van der Waals surface area contributed by atoms with Gasteiger partial charge in [-0.05, 0) is 23.6 Å². The average molecular weight is 449 g/mol. The fourth-order valence-corrected chi connectivity index (χ4v) is 4.54. The summed E-state index contributed by atoms with van der Waals surface area (Å²) in [5.74, 6) is 2.59. The predicted molar refractivity (Wildman–Crippen MR) is 124 cm³/mol. The molecule has 0 radical (unpaired) electrons. The second-order valence-corrected chi connectivity index (χ2v) is 7.96. The molecule has 1 unspecified atom stereocenters. The van der Waals surface area contributed by atoms with Crippen LogP contribution >= 0.6 is 11.3 Å². The molecule has 2 N–H and O–H groups in total. The summed E-state index contributed by atoms with van der Waals surface area (Å²) in [5.41, 5.74) is 0.950. The van der Waals surface area contributed by atoms with Crippen molar-refractivity contribution < 1.29 is 18.9 Å². The fraction of sp³-hybridized carbons (Fsp3) is 0.500. The van der Waals surface area contributed by atoms with Crippen LogP contribution in [-0.2, 0) is 11.3 Å². The maximum atomic E-state index is 5.58. The van der Waals surface area contributed by atoms with Gasteiger partial charge in [0, 0.05) is 43.7 Å². The monoisotopic (exact) mass is 448 g/mol. The van der Waals surface area contributed by atoms with E-state index < -0.39 is 0 Å². The lowest BCUT2D eigenvalue weighted by Crippen LogP contribution is -2.46. The van der Waals surface area contributed by atoms with E-state index in [4.69, 9.17) is 18.9 Å². The molecule has 31 heavy (non-hydrogen) atoms. The molecule has 1 saturated heterocycles. The third kappa shape index (κ3) is 5.81. The molecule has 8 nitrogen and oxygen atoms in total. The van der Waals surface area contributed by atoms with Crippen LogP contribution in [-0.4, -0.2) is 72.1 Å². The van der Waals surface area contributed by atoms with Gasteiger partial charge < -0.3 is 29.6 Å². The summed E-state index contributed by atoms with van der Waals surface area (Å²) >= 11 is 1.78. The van der Waals surface area contributed by atoms with Crippen molar-refractivity contribution in [2.45, 2.75) is 12.6 Å². The number of ether oxygens (including phenoxy) is 4. The number of hydrogen-bond acceptors (Lipinski definition) is 7. The zero-order valence-corrected chi connectivity index (χ0v) is 19.5. The lowest BCUT2D eigenvalue weighted by Gasteiger charge is -2.34. The summed E-state index contributed by atoms with van der Waals surface area (Å²) in [6.07, 6.45) is 0. The molecular weight excluding hydrogens is 416 g/mol. The van der Waals surface area contributed by atoms with E-state index in [-0.39, 0.29) is 6.04 Å². The molecule has 1 aromatic carbocycles. The van der Waals surface area contributed by atoms with Gasteiger partial charge in [0.25, 0.3) is 0 Å². The molecule has 9 heteroatoms. The Hall–Kier alpha value is -2.49. The number of nitrogens with zero attached hydrogens (tertiary/aromatic N) is 2. The van der Waals surface area contributed by atoms with Gasteiger partial charge in [-0.15, -0.1) is 11.3 Å². The standard InChI is InChI=1S/C22H32N4O4S/c1-23-22(24-14-16-7-8-18(27-2)21(29-4)20(16)28-3)25-15-17(19-6-5-13-31-19)26-9-11-30-12-10-26/h5-8,13,17H,9-12,14-15H2,1-4H3,(H2,23,24,25). The van der Waals surface area contributed by atoms with Gasteiger partial charge in [0.15, 0.2) is 17.5 Å². The molecule has 0 saturated carbocycles. The zero-order valence-electron chi connectivity index (χ0n) is 18.6. The Balaban J connectivity index is 1.65. The maximum absolute atomic E-state index is 5.58. The molecule has 170 valence electrons. The third-order valence-corrected chi connectivity index (χ3v) is 6.25. The lowest BCUT2D eigenvalue weighted by molar-refractivity contribution is 0.0177. The summed E-state index contributed by atoms with van der Waals surface area (Å²) in [6, 6.07) is 8.40. The molecule has 3 rings (SSSR count). The van der Waals surface area contributed by atoms with Crippen LogP contribution in [0.5, 0.6) is 17.2 Å². The van der Waals surface area contributed by atoms with Crippen molar-refractivity contribution in [1.82, 2.24) is 15.5 Å². The van der Waals surface area contributed by atoms with Gasteiger partial charge in [-0.2, -0.15) is 0 Å². The number of rotatable bonds is 9. The van der Waals surface area contributed by atoms with Crippen molar-refractivity contribution in [3.8, 4) is 17.2 Å². The summed E-state index contributed by atoms with van der Waals surface area (Å²) in [4.78, 5) is 8.20. The highest BCUT2D eigenvalue weighted by molar-refractivity contribution is 7.10. The summed E-state index contributed by atoms with van der Waals surface area (Å²) in [6.45, 7) is 4.69. The number of methoxy groups -OCH3 is 3. The molecule has 0 bridgehead atoms. The van der Waals surface area contributed by atoms with Crippen LogP contribution in [0.25, 0.3) is 0 Å². The molecular formula is C22H32N4O4S. The second-order valence-electron chi connectivity index (χ2n) is 6.98. The minimum atomic E-state index is 0.276. The van der Waals surface area contributed by atoms with Gasteiger partial charge in [-0.1, -0.05) is 6.07 Å². The quantitative estimate of drug-likeness (QED) is 0.451. The van der Waals surface area contributed by atoms with Crippen LogP contribution in [0.4, 0.5) is 0 Å². The highest BCUT2D eigenvalue weighted by atomic mass is 32.1. The van der Waals surface area contributed by atoms with Gasteiger partial charge >= 0.3 is 0 Å². The first-order valence-corrected chi connectivity index (χ1v) is 11.2. The highest BCUT2D eigenvalue weighted by Crippen LogP contribution is 2.39. The number of benzene rings is 1. The van der Waals surface area contributed by atoms with Gasteiger partial charge in [-0.25, -0.2) is 0 Å². The van der Waals surface area contributed by atoms with Crippen LogP contribution in [0.3, 0.4) is 0 Å². The Bertz CT molecular complexity index is 838. The molecule has 1 atom stereocenters. The van der Waals surface area contributed by atoms with Crippen LogP contribution in [0, 0.1) is 0 Å². The molecule has 1 aliphatic rings. The van der Waals surface area contributed by atoms with E-state index in [0.717, 1.165) is 44.4 Å². The summed E-state index contributed by atoms with van der Waals surface area (Å²) in [7, 11) is 6.62. The minimum Gasteiger partial charge on any atom is -0.493 e. The first-order chi connectivity index (χ1) is 15.2.